The number of nitrogens with one attached hydrogen (secondary N) is 1. The first kappa shape index (κ1) is 16.4. The number of rotatable bonds is 4. The van der Waals surface area contributed by atoms with Gasteiger partial charge >= 0.3 is 0 Å². The number of nitrogens with zero attached hydrogens (tertiary/aromatic N) is 2. The zero-order valence-electron chi connectivity index (χ0n) is 10.9. The summed E-state index contributed by atoms with van der Waals surface area (Å²) in [5.41, 5.74) is 0.434. The van der Waals surface area contributed by atoms with Gasteiger partial charge in [0.05, 0.1) is 16.2 Å². The highest BCUT2D eigenvalue weighted by molar-refractivity contribution is 7.09. The fourth-order valence-corrected chi connectivity index (χ4v) is 2.05. The summed E-state index contributed by atoms with van der Waals surface area (Å²) >= 11 is 1.62. The third kappa shape index (κ3) is 4.61. The van der Waals surface area contributed by atoms with Gasteiger partial charge in [0.25, 0.3) is 0 Å². The molecule has 0 aromatic carbocycles. The molecule has 17 heavy (non-hydrogen) atoms. The number of aromatic nitrogens is 1. The normalized spacial score (nSPS) is 10.9. The third-order valence-electron chi connectivity index (χ3n) is 2.32. The molecule has 1 N–H and O–H groups in total. The lowest BCUT2D eigenvalue weighted by atomic mass is 10.0. The zero-order valence-corrected chi connectivity index (χ0v) is 12.5. The first-order valence-electron chi connectivity index (χ1n) is 5.20. The third-order valence-corrected chi connectivity index (χ3v) is 3.14. The van der Waals surface area contributed by atoms with Crippen LogP contribution in [0.3, 0.4) is 0 Å². The molecule has 1 amide bonds. The highest BCUT2D eigenvalue weighted by atomic mass is 35.5. The van der Waals surface area contributed by atoms with E-state index in [0.29, 0.717) is 6.54 Å². The minimum absolute atomic E-state index is 0. The van der Waals surface area contributed by atoms with Gasteiger partial charge in [-0.2, -0.15) is 0 Å². The van der Waals surface area contributed by atoms with E-state index < -0.39 is 5.54 Å². The van der Waals surface area contributed by atoms with Crippen LogP contribution < -0.4 is 5.32 Å². The van der Waals surface area contributed by atoms with Crippen LogP contribution in [0.1, 0.15) is 24.5 Å². The molecular formula is C11H20ClN3OS. The predicted octanol–water partition coefficient (Wildman–Crippen LogP) is 1.83. The lowest BCUT2D eigenvalue weighted by Gasteiger charge is -2.28. The molecule has 0 saturated heterocycles. The minimum atomic E-state index is -0.555. The molecule has 1 aromatic heterocycles. The summed E-state index contributed by atoms with van der Waals surface area (Å²) in [4.78, 5) is 17.8. The van der Waals surface area contributed by atoms with Gasteiger partial charge in [-0.25, -0.2) is 4.98 Å². The van der Waals surface area contributed by atoms with Gasteiger partial charge in [0, 0.05) is 26.0 Å². The van der Waals surface area contributed by atoms with E-state index in [2.05, 4.69) is 10.3 Å². The quantitative estimate of drug-likeness (QED) is 0.913. The number of amides is 1. The van der Waals surface area contributed by atoms with Crippen LogP contribution in [0.5, 0.6) is 0 Å². The maximum Gasteiger partial charge on any atom is 0.241 e. The topological polar surface area (TPSA) is 45.2 Å². The number of aryl methyl sites for hydroxylation is 1. The molecule has 0 fully saturated rings. The van der Waals surface area contributed by atoms with Crippen LogP contribution in [0.25, 0.3) is 0 Å². The van der Waals surface area contributed by atoms with Crippen molar-refractivity contribution in [2.75, 3.05) is 14.1 Å². The standard InChI is InChI=1S/C11H19N3OS.ClH/c1-8-13-9(7-16-8)6-12-11(2,3)10(15)14(4)5;/h7,12H,6H2,1-5H3;1H. The van der Waals surface area contributed by atoms with Gasteiger partial charge in [-0.1, -0.05) is 0 Å². The highest BCUT2D eigenvalue weighted by Gasteiger charge is 2.28. The van der Waals surface area contributed by atoms with Crippen molar-refractivity contribution in [3.8, 4) is 0 Å². The van der Waals surface area contributed by atoms with E-state index in [1.165, 1.54) is 0 Å². The summed E-state index contributed by atoms with van der Waals surface area (Å²) in [6, 6.07) is 0. The van der Waals surface area contributed by atoms with Crippen molar-refractivity contribution in [2.24, 2.45) is 0 Å². The van der Waals surface area contributed by atoms with Crippen molar-refractivity contribution in [2.45, 2.75) is 32.9 Å². The van der Waals surface area contributed by atoms with E-state index in [-0.39, 0.29) is 18.3 Å². The van der Waals surface area contributed by atoms with Crippen molar-refractivity contribution in [1.82, 2.24) is 15.2 Å². The van der Waals surface area contributed by atoms with Gasteiger partial charge < -0.3 is 4.90 Å². The Kier molecular flexibility index (Phi) is 6.09. The molecule has 1 heterocycles. The Labute approximate surface area is 113 Å². The van der Waals surface area contributed by atoms with Crippen LogP contribution in [0.15, 0.2) is 5.38 Å². The van der Waals surface area contributed by atoms with Crippen molar-refractivity contribution in [1.29, 1.82) is 0 Å². The van der Waals surface area contributed by atoms with Gasteiger partial charge in [0.2, 0.25) is 5.91 Å². The molecule has 0 bridgehead atoms. The fourth-order valence-electron chi connectivity index (χ4n) is 1.44. The van der Waals surface area contributed by atoms with E-state index in [4.69, 9.17) is 0 Å². The lowest BCUT2D eigenvalue weighted by molar-refractivity contribution is -0.134. The van der Waals surface area contributed by atoms with Crippen molar-refractivity contribution in [3.05, 3.63) is 16.1 Å². The molecule has 0 spiro atoms. The molecule has 0 aliphatic rings. The SMILES string of the molecule is Cc1nc(CNC(C)(C)C(=O)N(C)C)cs1.Cl. The molecule has 6 heteroatoms. The molecule has 0 atom stereocenters. The van der Waals surface area contributed by atoms with Crippen molar-refractivity contribution >= 4 is 29.7 Å². The molecular weight excluding hydrogens is 258 g/mol. The van der Waals surface area contributed by atoms with Gasteiger partial charge in [-0.15, -0.1) is 23.7 Å². The molecule has 0 unspecified atom stereocenters. The van der Waals surface area contributed by atoms with Gasteiger partial charge in [0.1, 0.15) is 0 Å². The van der Waals surface area contributed by atoms with E-state index in [1.807, 2.05) is 26.2 Å². The second-order valence-corrected chi connectivity index (χ2v) is 5.60. The summed E-state index contributed by atoms with van der Waals surface area (Å²) in [6.45, 7) is 6.37. The first-order valence-corrected chi connectivity index (χ1v) is 6.08. The fraction of sp³-hybridized carbons (Fsp3) is 0.636. The lowest BCUT2D eigenvalue weighted by Crippen LogP contribution is -2.51. The largest absolute Gasteiger partial charge is 0.347 e. The van der Waals surface area contributed by atoms with E-state index in [1.54, 1.807) is 30.3 Å². The number of likely N-dealkylation sites (N-methyl/N-ethyl adjacent to an activating group) is 1. The average molecular weight is 278 g/mol. The van der Waals surface area contributed by atoms with Crippen LogP contribution in [-0.2, 0) is 11.3 Å². The van der Waals surface area contributed by atoms with Crippen LogP contribution >= 0.6 is 23.7 Å². The Balaban J connectivity index is 0.00000256. The number of carbonyl (C=O) groups is 1. The van der Waals surface area contributed by atoms with Crippen LogP contribution in [0.2, 0.25) is 0 Å². The Morgan fingerprint density at radius 3 is 2.53 bits per heavy atom. The molecule has 0 saturated carbocycles. The minimum Gasteiger partial charge on any atom is -0.347 e. The Hall–Kier alpha value is -0.650. The second-order valence-electron chi connectivity index (χ2n) is 4.54. The second kappa shape index (κ2) is 6.33. The number of carbonyl (C=O) groups excluding carboxylic acids is 1. The Morgan fingerprint density at radius 1 is 1.53 bits per heavy atom. The maximum absolute atomic E-state index is 11.8. The summed E-state index contributed by atoms with van der Waals surface area (Å²) in [6.07, 6.45) is 0. The number of hydrogen-bond acceptors (Lipinski definition) is 4. The van der Waals surface area contributed by atoms with E-state index in [9.17, 15) is 4.79 Å². The molecule has 0 aliphatic heterocycles. The van der Waals surface area contributed by atoms with Crippen molar-refractivity contribution in [3.63, 3.8) is 0 Å². The first-order chi connectivity index (χ1) is 7.33. The molecule has 4 nitrogen and oxygen atoms in total. The Morgan fingerprint density at radius 2 is 2.12 bits per heavy atom. The summed E-state index contributed by atoms with van der Waals surface area (Å²) in [5.74, 6) is 0.0689. The molecule has 0 aliphatic carbocycles. The summed E-state index contributed by atoms with van der Waals surface area (Å²) in [5, 5.41) is 6.28. The van der Waals surface area contributed by atoms with Gasteiger partial charge in [-0.05, 0) is 20.8 Å². The van der Waals surface area contributed by atoms with Crippen LogP contribution in [0.4, 0.5) is 0 Å². The number of hydrogen-bond donors (Lipinski definition) is 1. The zero-order chi connectivity index (χ0) is 12.3. The average Bonchev–Trinajstić information content (AvgIpc) is 2.60. The molecule has 1 aromatic rings. The molecule has 98 valence electrons. The van der Waals surface area contributed by atoms with Crippen LogP contribution in [0, 0.1) is 6.92 Å². The monoisotopic (exact) mass is 277 g/mol. The molecule has 1 rings (SSSR count). The van der Waals surface area contributed by atoms with Crippen LogP contribution in [-0.4, -0.2) is 35.4 Å². The van der Waals surface area contributed by atoms with Gasteiger partial charge in [-0.3, -0.25) is 10.1 Å². The maximum atomic E-state index is 11.8. The van der Waals surface area contributed by atoms with Crippen molar-refractivity contribution < 1.29 is 4.79 Å². The van der Waals surface area contributed by atoms with E-state index in [0.717, 1.165) is 10.7 Å². The summed E-state index contributed by atoms with van der Waals surface area (Å²) in [7, 11) is 3.53. The summed E-state index contributed by atoms with van der Waals surface area (Å²) < 4.78 is 0. The number of halogens is 1. The predicted molar refractivity (Wildman–Crippen MR) is 73.7 cm³/mol. The van der Waals surface area contributed by atoms with Gasteiger partial charge in [0.15, 0.2) is 0 Å². The Bertz CT molecular complexity index is 377. The molecule has 0 radical (unpaired) electrons. The number of thiazole rings is 1. The smallest absolute Gasteiger partial charge is 0.241 e. The van der Waals surface area contributed by atoms with E-state index >= 15 is 0 Å². The highest BCUT2D eigenvalue weighted by Crippen LogP contribution is 2.11.